The van der Waals surface area contributed by atoms with Crippen molar-refractivity contribution in [2.75, 3.05) is 0 Å². The summed E-state index contributed by atoms with van der Waals surface area (Å²) >= 11 is 5.75. The summed E-state index contributed by atoms with van der Waals surface area (Å²) in [7, 11) is 0. The minimum absolute atomic E-state index is 0.189. The van der Waals surface area contributed by atoms with Crippen LogP contribution in [0.4, 0.5) is 4.39 Å². The average molecular weight is 308 g/mol. The molecule has 21 heavy (non-hydrogen) atoms. The number of carbonyl (C=O) groups excluding carboxylic acids is 1. The lowest BCUT2D eigenvalue weighted by Crippen LogP contribution is -2.15. The molecule has 0 fully saturated rings. The summed E-state index contributed by atoms with van der Waals surface area (Å²) < 4.78 is 19.3. The first-order valence-electron chi connectivity index (χ1n) is 6.11. The van der Waals surface area contributed by atoms with E-state index in [1.54, 1.807) is 24.3 Å². The SMILES string of the molecule is CC(N=O)C(=O)c1ccc(Oc2ccc(Cl)cc2)cc1F. The molecule has 0 aliphatic carbocycles. The highest BCUT2D eigenvalue weighted by molar-refractivity contribution is 6.30. The molecule has 0 aliphatic heterocycles. The maximum atomic E-state index is 13.9. The highest BCUT2D eigenvalue weighted by Gasteiger charge is 2.19. The van der Waals surface area contributed by atoms with E-state index in [1.165, 1.54) is 19.1 Å². The van der Waals surface area contributed by atoms with Crippen LogP contribution < -0.4 is 4.74 Å². The molecule has 1 unspecified atom stereocenters. The number of nitrogens with zero attached hydrogens (tertiary/aromatic N) is 1. The van der Waals surface area contributed by atoms with Gasteiger partial charge >= 0.3 is 0 Å². The predicted octanol–water partition coefficient (Wildman–Crippen LogP) is 4.61. The van der Waals surface area contributed by atoms with Gasteiger partial charge in [0.15, 0.2) is 11.8 Å². The van der Waals surface area contributed by atoms with Crippen LogP contribution in [-0.4, -0.2) is 11.8 Å². The van der Waals surface area contributed by atoms with Crippen LogP contribution in [0.3, 0.4) is 0 Å². The molecule has 2 aromatic rings. The molecule has 0 amide bonds. The molecule has 0 saturated heterocycles. The lowest BCUT2D eigenvalue weighted by Gasteiger charge is -2.08. The summed E-state index contributed by atoms with van der Waals surface area (Å²) in [5, 5.41) is 3.15. The normalized spacial score (nSPS) is 11.8. The van der Waals surface area contributed by atoms with Gasteiger partial charge in [-0.3, -0.25) is 4.79 Å². The zero-order chi connectivity index (χ0) is 15.4. The molecule has 0 N–H and O–H groups in total. The fraction of sp³-hybridized carbons (Fsp3) is 0.133. The summed E-state index contributed by atoms with van der Waals surface area (Å²) in [6.07, 6.45) is 0. The molecule has 4 nitrogen and oxygen atoms in total. The van der Waals surface area contributed by atoms with Crippen molar-refractivity contribution in [3.63, 3.8) is 0 Å². The number of nitroso groups, excluding NO2 is 1. The van der Waals surface area contributed by atoms with Crippen molar-refractivity contribution in [3.8, 4) is 11.5 Å². The maximum Gasteiger partial charge on any atom is 0.193 e. The molecule has 6 heteroatoms. The molecular formula is C15H11ClFNO3. The number of hydrogen-bond acceptors (Lipinski definition) is 4. The van der Waals surface area contributed by atoms with E-state index in [0.717, 1.165) is 6.07 Å². The van der Waals surface area contributed by atoms with E-state index in [4.69, 9.17) is 16.3 Å². The number of halogens is 2. The molecular weight excluding hydrogens is 297 g/mol. The molecule has 0 heterocycles. The number of Topliss-reactive ketones (excluding diaryl/α,β-unsaturated/α-hetero) is 1. The summed E-state index contributed by atoms with van der Waals surface area (Å²) in [5.41, 5.74) is -0.189. The van der Waals surface area contributed by atoms with Gasteiger partial charge in [-0.1, -0.05) is 16.8 Å². The van der Waals surface area contributed by atoms with Crippen LogP contribution in [0.25, 0.3) is 0 Å². The van der Waals surface area contributed by atoms with Crippen molar-refractivity contribution < 1.29 is 13.9 Å². The van der Waals surface area contributed by atoms with Crippen molar-refractivity contribution in [3.05, 3.63) is 63.8 Å². The number of carbonyl (C=O) groups is 1. The Labute approximate surface area is 125 Å². The van der Waals surface area contributed by atoms with Gasteiger partial charge in [0, 0.05) is 11.1 Å². The van der Waals surface area contributed by atoms with Crippen LogP contribution in [0.1, 0.15) is 17.3 Å². The lowest BCUT2D eigenvalue weighted by molar-refractivity contribution is 0.0964. The van der Waals surface area contributed by atoms with E-state index in [2.05, 4.69) is 5.18 Å². The highest BCUT2D eigenvalue weighted by atomic mass is 35.5. The Morgan fingerprint density at radius 3 is 2.38 bits per heavy atom. The van der Waals surface area contributed by atoms with Crippen LogP contribution in [0.2, 0.25) is 5.02 Å². The molecule has 0 aromatic heterocycles. The molecule has 2 aromatic carbocycles. The minimum Gasteiger partial charge on any atom is -0.457 e. The van der Waals surface area contributed by atoms with Gasteiger partial charge in [-0.2, -0.15) is 4.91 Å². The monoisotopic (exact) mass is 307 g/mol. The molecule has 2 rings (SSSR count). The van der Waals surface area contributed by atoms with Crippen LogP contribution in [-0.2, 0) is 0 Å². The van der Waals surface area contributed by atoms with Crippen LogP contribution in [0, 0.1) is 10.7 Å². The first-order valence-corrected chi connectivity index (χ1v) is 6.48. The topological polar surface area (TPSA) is 55.7 Å². The summed E-state index contributed by atoms with van der Waals surface area (Å²) in [6, 6.07) is 9.23. The summed E-state index contributed by atoms with van der Waals surface area (Å²) in [4.78, 5) is 22.1. The Morgan fingerprint density at radius 2 is 1.81 bits per heavy atom. The molecule has 1 atom stereocenters. The maximum absolute atomic E-state index is 13.9. The van der Waals surface area contributed by atoms with Gasteiger partial charge in [0.2, 0.25) is 0 Å². The van der Waals surface area contributed by atoms with E-state index in [9.17, 15) is 14.1 Å². The highest BCUT2D eigenvalue weighted by Crippen LogP contribution is 2.25. The third-order valence-electron chi connectivity index (χ3n) is 2.79. The van der Waals surface area contributed by atoms with E-state index >= 15 is 0 Å². The quantitative estimate of drug-likeness (QED) is 0.598. The number of benzene rings is 2. The fourth-order valence-corrected chi connectivity index (χ4v) is 1.80. The lowest BCUT2D eigenvalue weighted by atomic mass is 10.1. The number of rotatable bonds is 5. The molecule has 0 saturated carbocycles. The summed E-state index contributed by atoms with van der Waals surface area (Å²) in [6.45, 7) is 1.31. The van der Waals surface area contributed by atoms with Gasteiger partial charge < -0.3 is 4.74 Å². The van der Waals surface area contributed by atoms with Gasteiger partial charge in [0.25, 0.3) is 0 Å². The second-order valence-electron chi connectivity index (χ2n) is 4.34. The van der Waals surface area contributed by atoms with Crippen molar-refractivity contribution in [2.24, 2.45) is 5.18 Å². The van der Waals surface area contributed by atoms with Crippen LogP contribution in [0.5, 0.6) is 11.5 Å². The van der Waals surface area contributed by atoms with Gasteiger partial charge in [0.05, 0.1) is 5.56 Å². The Balaban J connectivity index is 2.21. The van der Waals surface area contributed by atoms with Crippen LogP contribution >= 0.6 is 11.6 Å². The van der Waals surface area contributed by atoms with Gasteiger partial charge in [-0.25, -0.2) is 4.39 Å². The fourth-order valence-electron chi connectivity index (χ4n) is 1.67. The molecule has 0 radical (unpaired) electrons. The van der Waals surface area contributed by atoms with Crippen molar-refractivity contribution in [1.82, 2.24) is 0 Å². The van der Waals surface area contributed by atoms with Gasteiger partial charge in [0.1, 0.15) is 17.3 Å². The van der Waals surface area contributed by atoms with E-state index in [1.807, 2.05) is 0 Å². The van der Waals surface area contributed by atoms with Gasteiger partial charge in [-0.15, -0.1) is 0 Å². The average Bonchev–Trinajstić information content (AvgIpc) is 2.48. The first kappa shape index (κ1) is 15.1. The van der Waals surface area contributed by atoms with Crippen LogP contribution in [0.15, 0.2) is 47.6 Å². The molecule has 0 bridgehead atoms. The third-order valence-corrected chi connectivity index (χ3v) is 3.04. The molecule has 108 valence electrons. The van der Waals surface area contributed by atoms with E-state index in [0.29, 0.717) is 10.8 Å². The van der Waals surface area contributed by atoms with E-state index < -0.39 is 17.6 Å². The number of ketones is 1. The Morgan fingerprint density at radius 1 is 1.19 bits per heavy atom. The second kappa shape index (κ2) is 6.45. The summed E-state index contributed by atoms with van der Waals surface area (Å²) in [5.74, 6) is -0.707. The zero-order valence-corrected chi connectivity index (χ0v) is 11.8. The molecule has 0 spiro atoms. The second-order valence-corrected chi connectivity index (χ2v) is 4.78. The van der Waals surface area contributed by atoms with Crippen molar-refractivity contribution >= 4 is 17.4 Å². The zero-order valence-electron chi connectivity index (χ0n) is 11.0. The smallest absolute Gasteiger partial charge is 0.193 e. The largest absolute Gasteiger partial charge is 0.457 e. The van der Waals surface area contributed by atoms with Crippen molar-refractivity contribution in [2.45, 2.75) is 13.0 Å². The first-order chi connectivity index (χ1) is 10.0. The van der Waals surface area contributed by atoms with E-state index in [-0.39, 0.29) is 11.3 Å². The molecule has 0 aliphatic rings. The Kier molecular flexibility index (Phi) is 4.65. The Hall–Kier alpha value is -2.27. The number of hydrogen-bond donors (Lipinski definition) is 0. The standard InChI is InChI=1S/C15H11ClFNO3/c1-9(18-20)15(19)13-7-6-12(8-14(13)17)21-11-4-2-10(16)3-5-11/h2-9H,1H3. The third kappa shape index (κ3) is 3.64. The minimum atomic E-state index is -1.12. The Bertz CT molecular complexity index is 673. The number of ether oxygens (including phenoxy) is 1. The van der Waals surface area contributed by atoms with Gasteiger partial charge in [-0.05, 0) is 43.3 Å². The van der Waals surface area contributed by atoms with Crippen molar-refractivity contribution in [1.29, 1.82) is 0 Å². The predicted molar refractivity (Wildman–Crippen MR) is 77.5 cm³/mol.